The topological polar surface area (TPSA) is 79.7 Å². The van der Waals surface area contributed by atoms with Crippen LogP contribution >= 0.6 is 0 Å². The van der Waals surface area contributed by atoms with Crippen LogP contribution in [0.4, 0.5) is 5.69 Å². The van der Waals surface area contributed by atoms with Gasteiger partial charge in [0.05, 0.1) is 23.9 Å². The molecule has 1 aromatic heterocycles. The number of hydrogen-bond donors (Lipinski definition) is 1. The lowest BCUT2D eigenvalue weighted by atomic mass is 9.97. The van der Waals surface area contributed by atoms with E-state index in [4.69, 9.17) is 4.74 Å². The van der Waals surface area contributed by atoms with Gasteiger partial charge in [-0.2, -0.15) is 0 Å². The number of aromatic nitrogens is 1. The molecule has 0 radical (unpaired) electrons. The molecule has 1 saturated heterocycles. The van der Waals surface area contributed by atoms with Crippen LogP contribution in [0.2, 0.25) is 0 Å². The van der Waals surface area contributed by atoms with E-state index in [1.165, 1.54) is 12.0 Å². The van der Waals surface area contributed by atoms with Gasteiger partial charge in [-0.15, -0.1) is 0 Å². The second kappa shape index (κ2) is 8.30. The lowest BCUT2D eigenvalue weighted by molar-refractivity contribution is -0.132. The number of aryl methyl sites for hydroxylation is 3. The van der Waals surface area contributed by atoms with Gasteiger partial charge in [-0.3, -0.25) is 19.5 Å². The fraction of sp³-hybridized carbons (Fsp3) is 0.192. The summed E-state index contributed by atoms with van der Waals surface area (Å²) in [6.07, 6.45) is 1.60. The molecule has 0 bridgehead atoms. The number of methoxy groups -OCH3 is 1. The third kappa shape index (κ3) is 3.54. The van der Waals surface area contributed by atoms with E-state index in [9.17, 15) is 14.7 Å². The van der Waals surface area contributed by atoms with Crippen molar-refractivity contribution in [2.24, 2.45) is 0 Å². The Morgan fingerprint density at radius 1 is 1.00 bits per heavy atom. The van der Waals surface area contributed by atoms with Crippen molar-refractivity contribution in [3.63, 3.8) is 0 Å². The van der Waals surface area contributed by atoms with Crippen LogP contribution in [0.25, 0.3) is 5.76 Å². The lowest BCUT2D eigenvalue weighted by Crippen LogP contribution is -2.29. The Balaban J connectivity index is 1.98. The normalized spacial score (nSPS) is 17.6. The van der Waals surface area contributed by atoms with E-state index in [1.54, 1.807) is 42.6 Å². The molecule has 3 aromatic rings. The highest BCUT2D eigenvalue weighted by molar-refractivity contribution is 6.51. The minimum absolute atomic E-state index is 0.0178. The molecular formula is C26H24N2O4. The summed E-state index contributed by atoms with van der Waals surface area (Å²) in [7, 11) is 1.49. The van der Waals surface area contributed by atoms with E-state index < -0.39 is 17.7 Å². The highest BCUT2D eigenvalue weighted by atomic mass is 16.5. The standard InChI is InChI=1S/C26H24N2O4/c1-15-8-11-21(32-4)19(13-15)24(29)22-23(20-7-5-6-12-27-20)28(26(31)25(22)30)18-10-9-16(2)17(3)14-18/h5-14,23,29H,1-4H3/b24-22+. The fourth-order valence-corrected chi connectivity index (χ4v) is 3.94. The third-order valence-corrected chi connectivity index (χ3v) is 5.79. The van der Waals surface area contributed by atoms with Crippen molar-refractivity contribution >= 4 is 23.1 Å². The van der Waals surface area contributed by atoms with Crippen LogP contribution in [0.3, 0.4) is 0 Å². The zero-order chi connectivity index (χ0) is 23.0. The molecule has 1 aliphatic heterocycles. The number of ketones is 1. The fourth-order valence-electron chi connectivity index (χ4n) is 3.94. The SMILES string of the molecule is COc1ccc(C)cc1/C(O)=C1\C(=O)C(=O)N(c2ccc(C)c(C)c2)C1c1ccccn1. The van der Waals surface area contributed by atoms with E-state index in [2.05, 4.69) is 4.98 Å². The second-order valence-corrected chi connectivity index (χ2v) is 7.90. The van der Waals surface area contributed by atoms with Gasteiger partial charge in [-0.25, -0.2) is 0 Å². The zero-order valence-electron chi connectivity index (χ0n) is 18.4. The maximum absolute atomic E-state index is 13.2. The minimum atomic E-state index is -0.872. The largest absolute Gasteiger partial charge is 0.507 e. The highest BCUT2D eigenvalue weighted by Crippen LogP contribution is 2.43. The molecule has 4 rings (SSSR count). The predicted molar refractivity (Wildman–Crippen MR) is 123 cm³/mol. The molecule has 6 heteroatoms. The number of amides is 1. The minimum Gasteiger partial charge on any atom is -0.507 e. The monoisotopic (exact) mass is 428 g/mol. The number of hydrogen-bond acceptors (Lipinski definition) is 5. The smallest absolute Gasteiger partial charge is 0.300 e. The molecule has 1 unspecified atom stereocenters. The summed E-state index contributed by atoms with van der Waals surface area (Å²) >= 11 is 0. The molecule has 1 fully saturated rings. The molecule has 6 nitrogen and oxygen atoms in total. The van der Waals surface area contributed by atoms with E-state index in [0.29, 0.717) is 22.7 Å². The Hall–Kier alpha value is -3.93. The first-order valence-electron chi connectivity index (χ1n) is 10.3. The van der Waals surface area contributed by atoms with Gasteiger partial charge in [0.1, 0.15) is 17.6 Å². The van der Waals surface area contributed by atoms with Crippen molar-refractivity contribution in [1.29, 1.82) is 0 Å². The van der Waals surface area contributed by atoms with E-state index in [1.807, 2.05) is 39.0 Å². The summed E-state index contributed by atoms with van der Waals surface area (Å²) in [4.78, 5) is 32.3. The zero-order valence-corrected chi connectivity index (χ0v) is 18.4. The van der Waals surface area contributed by atoms with Gasteiger partial charge in [0.2, 0.25) is 0 Å². The molecule has 1 amide bonds. The first kappa shape index (κ1) is 21.3. The van der Waals surface area contributed by atoms with Crippen LogP contribution in [0.1, 0.15) is 34.0 Å². The second-order valence-electron chi connectivity index (χ2n) is 7.90. The van der Waals surface area contributed by atoms with Crippen molar-refractivity contribution in [3.8, 4) is 5.75 Å². The quantitative estimate of drug-likeness (QED) is 0.372. The Labute approximate surface area is 186 Å². The van der Waals surface area contributed by atoms with Crippen LogP contribution in [0.5, 0.6) is 5.75 Å². The Morgan fingerprint density at radius 2 is 1.78 bits per heavy atom. The Morgan fingerprint density at radius 3 is 2.44 bits per heavy atom. The number of carbonyl (C=O) groups is 2. The highest BCUT2D eigenvalue weighted by Gasteiger charge is 2.47. The van der Waals surface area contributed by atoms with Gasteiger partial charge in [0, 0.05) is 11.9 Å². The van der Waals surface area contributed by atoms with Gasteiger partial charge in [0.25, 0.3) is 11.7 Å². The summed E-state index contributed by atoms with van der Waals surface area (Å²) in [5.41, 5.74) is 4.33. The number of rotatable bonds is 4. The summed E-state index contributed by atoms with van der Waals surface area (Å²) in [6.45, 7) is 5.80. The van der Waals surface area contributed by atoms with Gasteiger partial charge in [-0.05, 0) is 68.3 Å². The number of ether oxygens (including phenoxy) is 1. The van der Waals surface area contributed by atoms with E-state index in [-0.39, 0.29) is 11.3 Å². The van der Waals surface area contributed by atoms with Gasteiger partial charge < -0.3 is 9.84 Å². The number of pyridine rings is 1. The van der Waals surface area contributed by atoms with Gasteiger partial charge in [0.15, 0.2) is 0 Å². The number of aliphatic hydroxyl groups is 1. The predicted octanol–water partition coefficient (Wildman–Crippen LogP) is 4.64. The lowest BCUT2D eigenvalue weighted by Gasteiger charge is -2.25. The molecule has 0 aliphatic carbocycles. The molecule has 0 spiro atoms. The van der Waals surface area contributed by atoms with Crippen LogP contribution in [0.15, 0.2) is 66.4 Å². The van der Waals surface area contributed by atoms with Gasteiger partial charge >= 0.3 is 0 Å². The van der Waals surface area contributed by atoms with Crippen LogP contribution in [-0.2, 0) is 9.59 Å². The van der Waals surface area contributed by atoms with Crippen molar-refractivity contribution in [2.45, 2.75) is 26.8 Å². The van der Waals surface area contributed by atoms with Crippen LogP contribution < -0.4 is 9.64 Å². The third-order valence-electron chi connectivity index (χ3n) is 5.79. The average molecular weight is 428 g/mol. The number of anilines is 1. The van der Waals surface area contributed by atoms with Crippen molar-refractivity contribution < 1.29 is 19.4 Å². The number of carbonyl (C=O) groups excluding carboxylic acids is 2. The van der Waals surface area contributed by atoms with Crippen molar-refractivity contribution in [2.75, 3.05) is 12.0 Å². The molecular weight excluding hydrogens is 404 g/mol. The average Bonchev–Trinajstić information content (AvgIpc) is 3.06. The summed E-state index contributed by atoms with van der Waals surface area (Å²) in [5.74, 6) is -1.35. The molecule has 1 aliphatic rings. The van der Waals surface area contributed by atoms with E-state index in [0.717, 1.165) is 16.7 Å². The molecule has 32 heavy (non-hydrogen) atoms. The van der Waals surface area contributed by atoms with Crippen LogP contribution in [0, 0.1) is 20.8 Å². The first-order valence-corrected chi connectivity index (χ1v) is 10.3. The summed E-state index contributed by atoms with van der Waals surface area (Å²) in [6, 6.07) is 15.3. The number of Topliss-reactive ketones (excluding diaryl/α,β-unsaturated/α-hetero) is 1. The molecule has 2 heterocycles. The Kier molecular flexibility index (Phi) is 5.53. The van der Waals surface area contributed by atoms with Crippen molar-refractivity contribution in [1.82, 2.24) is 4.98 Å². The summed E-state index contributed by atoms with van der Waals surface area (Å²) < 4.78 is 5.40. The first-order chi connectivity index (χ1) is 15.3. The molecule has 0 saturated carbocycles. The van der Waals surface area contributed by atoms with Crippen LogP contribution in [-0.4, -0.2) is 28.9 Å². The number of aliphatic hydroxyl groups excluding tert-OH is 1. The summed E-state index contributed by atoms with van der Waals surface area (Å²) in [5, 5.41) is 11.3. The number of benzene rings is 2. The number of nitrogens with zero attached hydrogens (tertiary/aromatic N) is 2. The molecule has 1 atom stereocenters. The van der Waals surface area contributed by atoms with E-state index >= 15 is 0 Å². The molecule has 162 valence electrons. The van der Waals surface area contributed by atoms with Gasteiger partial charge in [-0.1, -0.05) is 23.8 Å². The maximum atomic E-state index is 13.2. The molecule has 2 aromatic carbocycles. The van der Waals surface area contributed by atoms with Crippen molar-refractivity contribution in [3.05, 3.63) is 94.3 Å². The molecule has 1 N–H and O–H groups in total. The maximum Gasteiger partial charge on any atom is 0.300 e. The Bertz CT molecular complexity index is 1250.